The largest absolute Gasteiger partial charge is 0.248 e. The minimum Gasteiger partial charge on any atom is -0.248 e. The molecule has 0 fully saturated rings. The van der Waals surface area contributed by atoms with Crippen molar-refractivity contribution in [3.63, 3.8) is 0 Å². The molecule has 0 unspecified atom stereocenters. The molecular weight excluding hydrogens is 333 g/mol. The summed E-state index contributed by atoms with van der Waals surface area (Å²) in [7, 11) is 0. The zero-order valence-corrected chi connectivity index (χ0v) is 11.6. The number of nitrogens with zero attached hydrogens (tertiary/aromatic N) is 3. The van der Waals surface area contributed by atoms with E-state index in [4.69, 9.17) is 23.2 Å². The van der Waals surface area contributed by atoms with Gasteiger partial charge in [-0.3, -0.25) is 0 Å². The number of aromatic nitrogens is 3. The molecule has 16 heavy (non-hydrogen) atoms. The van der Waals surface area contributed by atoms with Crippen LogP contribution in [0.25, 0.3) is 0 Å². The van der Waals surface area contributed by atoms with Gasteiger partial charge in [0.05, 0.1) is 9.50 Å². The lowest BCUT2D eigenvalue weighted by Crippen LogP contribution is -1.87. The number of hydrogen-bond acceptors (Lipinski definition) is 4. The first-order chi connectivity index (χ1) is 7.65. The molecule has 2 aromatic rings. The predicted octanol–water partition coefficient (Wildman–Crippen LogP) is 4.09. The van der Waals surface area contributed by atoms with E-state index in [1.165, 1.54) is 11.8 Å². The molecular formula is C9H4BrCl2N3S. The van der Waals surface area contributed by atoms with Crippen LogP contribution < -0.4 is 0 Å². The van der Waals surface area contributed by atoms with Crippen LogP contribution >= 0.6 is 50.9 Å². The highest BCUT2D eigenvalue weighted by atomic mass is 79.9. The molecule has 82 valence electrons. The van der Waals surface area contributed by atoms with Crippen LogP contribution in [0.15, 0.2) is 39.1 Å². The SMILES string of the molecule is Clc1ccc(Sc2nc(Cl)ncc2Br)nc1. The maximum absolute atomic E-state index is 5.74. The highest BCUT2D eigenvalue weighted by molar-refractivity contribution is 9.10. The highest BCUT2D eigenvalue weighted by Crippen LogP contribution is 2.31. The molecule has 0 saturated heterocycles. The van der Waals surface area contributed by atoms with Gasteiger partial charge < -0.3 is 0 Å². The second-order valence-electron chi connectivity index (χ2n) is 2.71. The third-order valence-corrected chi connectivity index (χ3v) is 3.79. The molecule has 0 N–H and O–H groups in total. The summed E-state index contributed by atoms with van der Waals surface area (Å²) in [6.07, 6.45) is 3.19. The van der Waals surface area contributed by atoms with Crippen molar-refractivity contribution in [2.45, 2.75) is 10.1 Å². The van der Waals surface area contributed by atoms with Gasteiger partial charge in [-0.1, -0.05) is 11.6 Å². The van der Waals surface area contributed by atoms with Crippen LogP contribution in [0.4, 0.5) is 0 Å². The van der Waals surface area contributed by atoms with E-state index >= 15 is 0 Å². The Kier molecular flexibility index (Phi) is 4.02. The summed E-state index contributed by atoms with van der Waals surface area (Å²) in [5, 5.41) is 2.32. The monoisotopic (exact) mass is 335 g/mol. The van der Waals surface area contributed by atoms with Gasteiger partial charge in [0.15, 0.2) is 0 Å². The molecule has 0 atom stereocenters. The van der Waals surface area contributed by atoms with E-state index in [1.54, 1.807) is 18.5 Å². The van der Waals surface area contributed by atoms with Gasteiger partial charge in [0.2, 0.25) is 5.28 Å². The fourth-order valence-corrected chi connectivity index (χ4v) is 2.38. The predicted molar refractivity (Wildman–Crippen MR) is 68.1 cm³/mol. The lowest BCUT2D eigenvalue weighted by molar-refractivity contribution is 1.02. The summed E-state index contributed by atoms with van der Waals surface area (Å²) < 4.78 is 0.777. The maximum atomic E-state index is 5.74. The number of hydrogen-bond donors (Lipinski definition) is 0. The van der Waals surface area contributed by atoms with E-state index in [0.29, 0.717) is 5.02 Å². The molecule has 0 amide bonds. The van der Waals surface area contributed by atoms with Gasteiger partial charge >= 0.3 is 0 Å². The Morgan fingerprint density at radius 3 is 2.62 bits per heavy atom. The standard InChI is InChI=1S/C9H4BrCl2N3S/c10-6-4-14-9(12)15-8(6)16-7-2-1-5(11)3-13-7/h1-4H. The van der Waals surface area contributed by atoms with Gasteiger partial charge in [-0.25, -0.2) is 15.0 Å². The van der Waals surface area contributed by atoms with E-state index in [-0.39, 0.29) is 5.28 Å². The Labute approximate surface area is 115 Å². The fourth-order valence-electron chi connectivity index (χ4n) is 0.924. The molecule has 7 heteroatoms. The van der Waals surface area contributed by atoms with Crippen molar-refractivity contribution in [2.75, 3.05) is 0 Å². The Balaban J connectivity index is 2.26. The van der Waals surface area contributed by atoms with Crippen LogP contribution in [0.5, 0.6) is 0 Å². The zero-order chi connectivity index (χ0) is 11.5. The number of rotatable bonds is 2. The molecule has 0 aliphatic carbocycles. The van der Waals surface area contributed by atoms with Crippen LogP contribution in [-0.4, -0.2) is 15.0 Å². The Hall–Kier alpha value is -0.360. The molecule has 2 heterocycles. The van der Waals surface area contributed by atoms with Gasteiger partial charge in [0.25, 0.3) is 0 Å². The Morgan fingerprint density at radius 1 is 1.12 bits per heavy atom. The smallest absolute Gasteiger partial charge is 0.223 e. The third kappa shape index (κ3) is 3.07. The molecule has 0 aliphatic rings. The van der Waals surface area contributed by atoms with E-state index in [2.05, 4.69) is 30.9 Å². The molecule has 0 saturated carbocycles. The summed E-state index contributed by atoms with van der Waals surface area (Å²) in [5.74, 6) is 0. The van der Waals surface area contributed by atoms with Crippen LogP contribution in [0, 0.1) is 0 Å². The van der Waals surface area contributed by atoms with Gasteiger partial charge in [-0.2, -0.15) is 0 Å². The minimum atomic E-state index is 0.208. The topological polar surface area (TPSA) is 38.7 Å². The Bertz CT molecular complexity index is 507. The Morgan fingerprint density at radius 2 is 1.94 bits per heavy atom. The molecule has 0 radical (unpaired) electrons. The molecule has 2 rings (SSSR count). The second-order valence-corrected chi connectivity index (χ2v) is 5.35. The molecule has 3 nitrogen and oxygen atoms in total. The zero-order valence-electron chi connectivity index (χ0n) is 7.69. The first-order valence-corrected chi connectivity index (χ1v) is 6.49. The van der Waals surface area contributed by atoms with Gasteiger partial charge in [0.1, 0.15) is 10.1 Å². The second kappa shape index (κ2) is 5.31. The van der Waals surface area contributed by atoms with Crippen LogP contribution in [0.3, 0.4) is 0 Å². The maximum Gasteiger partial charge on any atom is 0.223 e. The minimum absolute atomic E-state index is 0.208. The van der Waals surface area contributed by atoms with E-state index in [9.17, 15) is 0 Å². The molecule has 0 bridgehead atoms. The van der Waals surface area contributed by atoms with E-state index < -0.39 is 0 Å². The molecule has 0 spiro atoms. The van der Waals surface area contributed by atoms with E-state index in [0.717, 1.165) is 14.5 Å². The number of pyridine rings is 1. The fraction of sp³-hybridized carbons (Fsp3) is 0. The quantitative estimate of drug-likeness (QED) is 0.611. The molecule has 2 aromatic heterocycles. The number of halogens is 3. The molecule has 0 aromatic carbocycles. The summed E-state index contributed by atoms with van der Waals surface area (Å²) in [6, 6.07) is 3.59. The average molecular weight is 337 g/mol. The van der Waals surface area contributed by atoms with Crippen molar-refractivity contribution in [1.29, 1.82) is 0 Å². The summed E-state index contributed by atoms with van der Waals surface area (Å²) in [5.41, 5.74) is 0. The summed E-state index contributed by atoms with van der Waals surface area (Å²) in [4.78, 5) is 12.1. The van der Waals surface area contributed by atoms with Gasteiger partial charge in [-0.05, 0) is 51.4 Å². The van der Waals surface area contributed by atoms with Crippen molar-refractivity contribution in [2.24, 2.45) is 0 Å². The van der Waals surface area contributed by atoms with Crippen molar-refractivity contribution in [3.8, 4) is 0 Å². The van der Waals surface area contributed by atoms with E-state index in [1.807, 2.05) is 6.07 Å². The lowest BCUT2D eigenvalue weighted by atomic mass is 10.5. The lowest BCUT2D eigenvalue weighted by Gasteiger charge is -2.02. The molecule has 0 aliphatic heterocycles. The average Bonchev–Trinajstić information content (AvgIpc) is 2.27. The van der Waals surface area contributed by atoms with Gasteiger partial charge in [0, 0.05) is 12.4 Å². The van der Waals surface area contributed by atoms with Crippen LogP contribution in [-0.2, 0) is 0 Å². The normalized spacial score (nSPS) is 10.4. The van der Waals surface area contributed by atoms with Crippen LogP contribution in [0.1, 0.15) is 0 Å². The van der Waals surface area contributed by atoms with Crippen molar-refractivity contribution < 1.29 is 0 Å². The third-order valence-electron chi connectivity index (χ3n) is 1.58. The van der Waals surface area contributed by atoms with Crippen molar-refractivity contribution >= 4 is 50.9 Å². The van der Waals surface area contributed by atoms with Gasteiger partial charge in [-0.15, -0.1) is 0 Å². The van der Waals surface area contributed by atoms with Crippen LogP contribution in [0.2, 0.25) is 10.3 Å². The summed E-state index contributed by atoms with van der Waals surface area (Å²) in [6.45, 7) is 0. The van der Waals surface area contributed by atoms with Crippen molar-refractivity contribution in [1.82, 2.24) is 15.0 Å². The first kappa shape index (κ1) is 12.1. The van der Waals surface area contributed by atoms with Crippen molar-refractivity contribution in [3.05, 3.63) is 39.3 Å². The first-order valence-electron chi connectivity index (χ1n) is 4.12. The highest BCUT2D eigenvalue weighted by Gasteiger charge is 2.06. The summed E-state index contributed by atoms with van der Waals surface area (Å²) >= 11 is 16.2.